The van der Waals surface area contributed by atoms with E-state index in [1.54, 1.807) is 12.1 Å². The Labute approximate surface area is 166 Å². The molecule has 0 bridgehead atoms. The number of halogens is 2. The highest BCUT2D eigenvalue weighted by atomic mass is 35.5. The Morgan fingerprint density at radius 2 is 1.71 bits per heavy atom. The van der Waals surface area contributed by atoms with E-state index < -0.39 is 11.7 Å². The fourth-order valence-electron chi connectivity index (χ4n) is 3.13. The van der Waals surface area contributed by atoms with Gasteiger partial charge < -0.3 is 9.88 Å². The van der Waals surface area contributed by atoms with Crippen LogP contribution in [0.5, 0.6) is 0 Å². The van der Waals surface area contributed by atoms with Gasteiger partial charge in [0, 0.05) is 5.02 Å². The van der Waals surface area contributed by atoms with Gasteiger partial charge in [-0.3, -0.25) is 4.79 Å². The summed E-state index contributed by atoms with van der Waals surface area (Å²) in [4.78, 5) is 17.0. The van der Waals surface area contributed by atoms with Crippen molar-refractivity contribution in [2.75, 3.05) is 0 Å². The molecule has 1 heterocycles. The zero-order valence-corrected chi connectivity index (χ0v) is 15.7. The van der Waals surface area contributed by atoms with Gasteiger partial charge in [-0.25, -0.2) is 9.37 Å². The normalized spacial score (nSPS) is 10.9. The average molecular weight is 394 g/mol. The summed E-state index contributed by atoms with van der Waals surface area (Å²) < 4.78 is 15.9. The number of fused-ring (bicyclic) bond motifs is 1. The highest BCUT2D eigenvalue weighted by molar-refractivity contribution is 6.31. The van der Waals surface area contributed by atoms with E-state index in [4.69, 9.17) is 11.6 Å². The smallest absolute Gasteiger partial charge is 0.254 e. The number of rotatable bonds is 5. The third-order valence-electron chi connectivity index (χ3n) is 4.55. The molecular weight excluding hydrogens is 377 g/mol. The summed E-state index contributed by atoms with van der Waals surface area (Å²) in [5.74, 6) is -0.357. The van der Waals surface area contributed by atoms with Crippen LogP contribution in [0.4, 0.5) is 4.39 Å². The van der Waals surface area contributed by atoms with Gasteiger partial charge in [0.25, 0.3) is 5.91 Å². The van der Waals surface area contributed by atoms with Crippen molar-refractivity contribution in [1.29, 1.82) is 0 Å². The zero-order chi connectivity index (χ0) is 19.5. The molecule has 4 nitrogen and oxygen atoms in total. The van der Waals surface area contributed by atoms with Gasteiger partial charge in [0.15, 0.2) is 0 Å². The Morgan fingerprint density at radius 1 is 1.00 bits per heavy atom. The van der Waals surface area contributed by atoms with Crippen LogP contribution in [0.25, 0.3) is 11.0 Å². The van der Waals surface area contributed by atoms with Gasteiger partial charge in [0.1, 0.15) is 11.6 Å². The van der Waals surface area contributed by atoms with E-state index in [1.165, 1.54) is 12.1 Å². The van der Waals surface area contributed by atoms with Crippen molar-refractivity contribution in [3.8, 4) is 0 Å². The molecule has 6 heteroatoms. The minimum Gasteiger partial charge on any atom is -0.345 e. The lowest BCUT2D eigenvalue weighted by molar-refractivity contribution is 0.0945. The first-order chi connectivity index (χ1) is 13.6. The first-order valence-corrected chi connectivity index (χ1v) is 9.21. The molecule has 0 aliphatic carbocycles. The number of nitrogens with zero attached hydrogens (tertiary/aromatic N) is 2. The molecule has 0 saturated carbocycles. The van der Waals surface area contributed by atoms with Crippen LogP contribution in [-0.4, -0.2) is 15.5 Å². The molecule has 1 amide bonds. The molecule has 0 spiro atoms. The van der Waals surface area contributed by atoms with Gasteiger partial charge in [-0.1, -0.05) is 54.1 Å². The number of hydrogen-bond acceptors (Lipinski definition) is 2. The van der Waals surface area contributed by atoms with Gasteiger partial charge in [-0.05, 0) is 35.9 Å². The van der Waals surface area contributed by atoms with E-state index in [0.29, 0.717) is 17.4 Å². The molecule has 0 unspecified atom stereocenters. The first kappa shape index (κ1) is 18.2. The first-order valence-electron chi connectivity index (χ1n) is 8.84. The van der Waals surface area contributed by atoms with Gasteiger partial charge in [0.05, 0.1) is 29.7 Å². The summed E-state index contributed by atoms with van der Waals surface area (Å²) in [5.41, 5.74) is 2.73. The standard InChI is InChI=1S/C22H17ClFN3O/c23-17-9-3-1-7-15(17)14-27-20-12-6-5-11-19(20)26-21(27)13-25-22(28)16-8-2-4-10-18(16)24/h1-12H,13-14H2,(H,25,28). The summed E-state index contributed by atoms with van der Waals surface area (Å²) in [6, 6.07) is 21.3. The van der Waals surface area contributed by atoms with E-state index in [2.05, 4.69) is 10.3 Å². The van der Waals surface area contributed by atoms with Gasteiger partial charge in [-0.2, -0.15) is 0 Å². The van der Waals surface area contributed by atoms with Gasteiger partial charge in [-0.15, -0.1) is 0 Å². The number of carbonyl (C=O) groups is 1. The molecule has 1 N–H and O–H groups in total. The molecule has 0 aliphatic rings. The second-order valence-electron chi connectivity index (χ2n) is 6.36. The molecule has 4 rings (SSSR count). The van der Waals surface area contributed by atoms with Crippen molar-refractivity contribution >= 4 is 28.5 Å². The average Bonchev–Trinajstić information content (AvgIpc) is 3.06. The Hall–Kier alpha value is -3.18. The molecule has 28 heavy (non-hydrogen) atoms. The summed E-state index contributed by atoms with van der Waals surface area (Å²) in [6.07, 6.45) is 0. The Bertz CT molecular complexity index is 1160. The molecule has 4 aromatic rings. The predicted molar refractivity (Wildman–Crippen MR) is 108 cm³/mol. The van der Waals surface area contributed by atoms with Crippen LogP contribution >= 0.6 is 11.6 Å². The van der Waals surface area contributed by atoms with Crippen molar-refractivity contribution < 1.29 is 9.18 Å². The zero-order valence-electron chi connectivity index (χ0n) is 14.9. The van der Waals surface area contributed by atoms with E-state index in [1.807, 2.05) is 53.1 Å². The SMILES string of the molecule is O=C(NCc1nc2ccccc2n1Cc1ccccc1Cl)c1ccccc1F. The maximum atomic E-state index is 13.8. The number of imidazole rings is 1. The lowest BCUT2D eigenvalue weighted by atomic mass is 10.2. The topological polar surface area (TPSA) is 46.9 Å². The number of para-hydroxylation sites is 2. The molecule has 1 aromatic heterocycles. The van der Waals surface area contributed by atoms with Crippen molar-refractivity contribution in [2.45, 2.75) is 13.1 Å². The lowest BCUT2D eigenvalue weighted by Gasteiger charge is -2.12. The maximum Gasteiger partial charge on any atom is 0.254 e. The highest BCUT2D eigenvalue weighted by Gasteiger charge is 2.15. The number of nitrogens with one attached hydrogen (secondary N) is 1. The summed E-state index contributed by atoms with van der Waals surface area (Å²) in [6.45, 7) is 0.692. The number of carbonyl (C=O) groups excluding carboxylic acids is 1. The van der Waals surface area contributed by atoms with E-state index in [0.717, 1.165) is 16.6 Å². The minimum absolute atomic E-state index is 0.0104. The van der Waals surface area contributed by atoms with E-state index >= 15 is 0 Å². The van der Waals surface area contributed by atoms with Crippen LogP contribution in [0.3, 0.4) is 0 Å². The Kier molecular flexibility index (Phi) is 5.08. The van der Waals surface area contributed by atoms with E-state index in [-0.39, 0.29) is 12.1 Å². The summed E-state index contributed by atoms with van der Waals surface area (Å²) >= 11 is 6.32. The second kappa shape index (κ2) is 7.82. The number of hydrogen-bond donors (Lipinski definition) is 1. The highest BCUT2D eigenvalue weighted by Crippen LogP contribution is 2.22. The Morgan fingerprint density at radius 3 is 2.54 bits per heavy atom. The van der Waals surface area contributed by atoms with Crippen molar-refractivity contribution in [2.24, 2.45) is 0 Å². The van der Waals surface area contributed by atoms with Crippen LogP contribution in [0.15, 0.2) is 72.8 Å². The number of benzene rings is 3. The van der Waals surface area contributed by atoms with Crippen molar-refractivity contribution in [1.82, 2.24) is 14.9 Å². The monoisotopic (exact) mass is 393 g/mol. The van der Waals surface area contributed by atoms with E-state index in [9.17, 15) is 9.18 Å². The van der Waals surface area contributed by atoms with Crippen LogP contribution < -0.4 is 5.32 Å². The van der Waals surface area contributed by atoms with Crippen LogP contribution in [0, 0.1) is 5.82 Å². The molecule has 0 radical (unpaired) electrons. The molecule has 0 atom stereocenters. The molecule has 3 aromatic carbocycles. The third kappa shape index (κ3) is 3.62. The minimum atomic E-state index is -0.551. The largest absolute Gasteiger partial charge is 0.345 e. The fraction of sp³-hybridized carbons (Fsp3) is 0.0909. The van der Waals surface area contributed by atoms with Gasteiger partial charge in [0.2, 0.25) is 0 Å². The lowest BCUT2D eigenvalue weighted by Crippen LogP contribution is -2.25. The van der Waals surface area contributed by atoms with Crippen molar-refractivity contribution in [3.63, 3.8) is 0 Å². The molecule has 0 aliphatic heterocycles. The predicted octanol–water partition coefficient (Wildman–Crippen LogP) is 4.81. The number of amides is 1. The summed E-state index contributed by atoms with van der Waals surface area (Å²) in [7, 11) is 0. The van der Waals surface area contributed by atoms with Crippen LogP contribution in [-0.2, 0) is 13.1 Å². The van der Waals surface area contributed by atoms with Crippen LogP contribution in [0.2, 0.25) is 5.02 Å². The van der Waals surface area contributed by atoms with Crippen LogP contribution in [0.1, 0.15) is 21.7 Å². The third-order valence-corrected chi connectivity index (χ3v) is 4.91. The summed E-state index contributed by atoms with van der Waals surface area (Å²) in [5, 5.41) is 3.43. The van der Waals surface area contributed by atoms with Gasteiger partial charge >= 0.3 is 0 Å². The van der Waals surface area contributed by atoms with Crippen molar-refractivity contribution in [3.05, 3.63) is 101 Å². The molecule has 0 saturated heterocycles. The maximum absolute atomic E-state index is 13.8. The number of aromatic nitrogens is 2. The molecule has 140 valence electrons. The Balaban J connectivity index is 1.64. The quantitative estimate of drug-likeness (QED) is 0.529. The fourth-order valence-corrected chi connectivity index (χ4v) is 3.33. The molecular formula is C22H17ClFN3O. The second-order valence-corrected chi connectivity index (χ2v) is 6.76. The molecule has 0 fully saturated rings.